The first-order chi connectivity index (χ1) is 8.10. The summed E-state index contributed by atoms with van der Waals surface area (Å²) in [6.45, 7) is 0.296. The van der Waals surface area contributed by atoms with Crippen molar-refractivity contribution in [1.82, 2.24) is 19.5 Å². The van der Waals surface area contributed by atoms with Gasteiger partial charge in [0.25, 0.3) is 10.0 Å². The summed E-state index contributed by atoms with van der Waals surface area (Å²) in [7, 11) is -1.97. The minimum absolute atomic E-state index is 0.0917. The highest BCUT2D eigenvalue weighted by atomic mass is 32.2. The maximum atomic E-state index is 12.0. The van der Waals surface area contributed by atoms with Gasteiger partial charge in [-0.3, -0.25) is 10.1 Å². The van der Waals surface area contributed by atoms with Gasteiger partial charge in [-0.05, 0) is 23.8 Å². The highest BCUT2D eigenvalue weighted by Gasteiger charge is 2.21. The Morgan fingerprint density at radius 2 is 1.94 bits per heavy atom. The van der Waals surface area contributed by atoms with Crippen LogP contribution in [-0.4, -0.2) is 35.0 Å². The molecule has 0 atom stereocenters. The maximum absolute atomic E-state index is 12.0. The van der Waals surface area contributed by atoms with Crippen molar-refractivity contribution in [1.29, 1.82) is 0 Å². The normalized spacial score (nSPS) is 11.9. The van der Waals surface area contributed by atoms with Gasteiger partial charge in [-0.2, -0.15) is 9.40 Å². The molecule has 2 aromatic rings. The SMILES string of the molecule is CN(Cc1ccncc1)S(=O)(=O)c1ccn[nH]1. The molecule has 7 heteroatoms. The van der Waals surface area contributed by atoms with Crippen LogP contribution in [0.1, 0.15) is 5.56 Å². The van der Waals surface area contributed by atoms with Crippen molar-refractivity contribution in [3.63, 3.8) is 0 Å². The van der Waals surface area contributed by atoms with E-state index in [1.807, 2.05) is 0 Å². The first kappa shape index (κ1) is 11.7. The van der Waals surface area contributed by atoms with Gasteiger partial charge in [0, 0.05) is 26.0 Å². The maximum Gasteiger partial charge on any atom is 0.260 e. The van der Waals surface area contributed by atoms with Crippen LogP contribution in [0.5, 0.6) is 0 Å². The number of H-pyrrole nitrogens is 1. The molecule has 0 bridgehead atoms. The van der Waals surface area contributed by atoms with Crippen LogP contribution in [-0.2, 0) is 16.6 Å². The lowest BCUT2D eigenvalue weighted by Crippen LogP contribution is -2.26. The first-order valence-electron chi connectivity index (χ1n) is 4.95. The fourth-order valence-electron chi connectivity index (χ4n) is 1.38. The van der Waals surface area contributed by atoms with Crippen LogP contribution >= 0.6 is 0 Å². The number of pyridine rings is 1. The van der Waals surface area contributed by atoms with Crippen LogP contribution < -0.4 is 0 Å². The summed E-state index contributed by atoms with van der Waals surface area (Å²) in [4.78, 5) is 3.88. The Labute approximate surface area is 99.4 Å². The van der Waals surface area contributed by atoms with Crippen LogP contribution in [0.25, 0.3) is 0 Å². The lowest BCUT2D eigenvalue weighted by molar-refractivity contribution is 0.463. The first-order valence-corrected chi connectivity index (χ1v) is 6.39. The average molecular weight is 252 g/mol. The smallest absolute Gasteiger partial charge is 0.260 e. The van der Waals surface area contributed by atoms with Gasteiger partial charge >= 0.3 is 0 Å². The second-order valence-electron chi connectivity index (χ2n) is 3.54. The molecular formula is C10H12N4O2S. The monoisotopic (exact) mass is 252 g/mol. The third-order valence-corrected chi connectivity index (χ3v) is 4.05. The van der Waals surface area contributed by atoms with Gasteiger partial charge in [0.1, 0.15) is 0 Å². The number of rotatable bonds is 4. The molecule has 0 amide bonds. The fourth-order valence-corrected chi connectivity index (χ4v) is 2.44. The van der Waals surface area contributed by atoms with E-state index in [4.69, 9.17) is 0 Å². The molecule has 0 radical (unpaired) electrons. The molecule has 90 valence electrons. The highest BCUT2D eigenvalue weighted by Crippen LogP contribution is 2.13. The van der Waals surface area contributed by atoms with Crippen molar-refractivity contribution in [3.8, 4) is 0 Å². The number of nitrogens with one attached hydrogen (secondary N) is 1. The Morgan fingerprint density at radius 3 is 2.53 bits per heavy atom. The Balaban J connectivity index is 2.19. The van der Waals surface area contributed by atoms with Crippen LogP contribution in [0.3, 0.4) is 0 Å². The molecule has 0 saturated heterocycles. The molecule has 17 heavy (non-hydrogen) atoms. The lowest BCUT2D eigenvalue weighted by Gasteiger charge is -2.15. The summed E-state index contributed by atoms with van der Waals surface area (Å²) >= 11 is 0. The Morgan fingerprint density at radius 1 is 1.24 bits per heavy atom. The van der Waals surface area contributed by atoms with Gasteiger partial charge in [-0.1, -0.05) is 0 Å². The summed E-state index contributed by atoms with van der Waals surface area (Å²) in [6, 6.07) is 4.98. The van der Waals surface area contributed by atoms with Gasteiger partial charge in [0.15, 0.2) is 5.03 Å². The topological polar surface area (TPSA) is 79.0 Å². The van der Waals surface area contributed by atoms with Crippen molar-refractivity contribution in [3.05, 3.63) is 42.4 Å². The molecule has 6 nitrogen and oxygen atoms in total. The molecule has 0 aromatic carbocycles. The fraction of sp³-hybridized carbons (Fsp3) is 0.200. The molecule has 2 rings (SSSR count). The van der Waals surface area contributed by atoms with E-state index < -0.39 is 10.0 Å². The van der Waals surface area contributed by atoms with Crippen LogP contribution in [0, 0.1) is 0 Å². The zero-order valence-corrected chi connectivity index (χ0v) is 10.1. The summed E-state index contributed by atoms with van der Waals surface area (Å²) in [5, 5.41) is 6.18. The molecule has 2 aromatic heterocycles. The quantitative estimate of drug-likeness (QED) is 0.865. The van der Waals surface area contributed by atoms with Gasteiger partial charge in [0.2, 0.25) is 0 Å². The minimum atomic E-state index is -3.50. The number of hydrogen-bond donors (Lipinski definition) is 1. The molecular weight excluding hydrogens is 240 g/mol. The van der Waals surface area contributed by atoms with E-state index in [9.17, 15) is 8.42 Å². The van der Waals surface area contributed by atoms with Crippen LogP contribution in [0.15, 0.2) is 41.8 Å². The Kier molecular flexibility index (Phi) is 3.21. The predicted octanol–water partition coefficient (Wildman–Crippen LogP) is 0.625. The van der Waals surface area contributed by atoms with E-state index in [-0.39, 0.29) is 5.03 Å². The summed E-state index contributed by atoms with van der Waals surface area (Å²) in [5.74, 6) is 0. The second-order valence-corrected chi connectivity index (χ2v) is 5.55. The van der Waals surface area contributed by atoms with Gasteiger partial charge in [0.05, 0.1) is 6.20 Å². The summed E-state index contributed by atoms with van der Waals surface area (Å²) < 4.78 is 25.3. The zero-order chi connectivity index (χ0) is 12.3. The molecule has 0 unspecified atom stereocenters. The zero-order valence-electron chi connectivity index (χ0n) is 9.24. The number of aromatic amines is 1. The largest absolute Gasteiger partial charge is 0.266 e. The predicted molar refractivity (Wildman–Crippen MR) is 61.5 cm³/mol. The minimum Gasteiger partial charge on any atom is -0.266 e. The van der Waals surface area contributed by atoms with Crippen molar-refractivity contribution in [2.45, 2.75) is 11.6 Å². The number of hydrogen-bond acceptors (Lipinski definition) is 4. The van der Waals surface area contributed by atoms with E-state index >= 15 is 0 Å². The summed E-state index contributed by atoms with van der Waals surface area (Å²) in [6.07, 6.45) is 4.67. The molecule has 0 saturated carbocycles. The number of aromatic nitrogens is 3. The van der Waals surface area contributed by atoms with E-state index in [0.717, 1.165) is 5.56 Å². The lowest BCUT2D eigenvalue weighted by atomic mass is 10.3. The summed E-state index contributed by atoms with van der Waals surface area (Å²) in [5.41, 5.74) is 0.880. The van der Waals surface area contributed by atoms with E-state index in [0.29, 0.717) is 6.54 Å². The molecule has 0 spiro atoms. The number of sulfonamides is 1. The van der Waals surface area contributed by atoms with E-state index in [1.165, 1.54) is 23.6 Å². The molecule has 0 aliphatic rings. The van der Waals surface area contributed by atoms with Crippen molar-refractivity contribution in [2.24, 2.45) is 0 Å². The average Bonchev–Trinajstić information content (AvgIpc) is 2.84. The molecule has 0 fully saturated rings. The molecule has 0 aliphatic carbocycles. The van der Waals surface area contributed by atoms with Gasteiger partial charge in [-0.25, -0.2) is 8.42 Å². The highest BCUT2D eigenvalue weighted by molar-refractivity contribution is 7.89. The third kappa shape index (κ3) is 2.51. The molecule has 2 heterocycles. The third-order valence-electron chi connectivity index (χ3n) is 2.32. The van der Waals surface area contributed by atoms with E-state index in [1.54, 1.807) is 24.5 Å². The van der Waals surface area contributed by atoms with Crippen LogP contribution in [0.4, 0.5) is 0 Å². The number of nitrogens with zero attached hydrogens (tertiary/aromatic N) is 3. The molecule has 1 N–H and O–H groups in total. The van der Waals surface area contributed by atoms with Gasteiger partial charge in [-0.15, -0.1) is 0 Å². The standard InChI is InChI=1S/C10H12N4O2S/c1-14(8-9-2-5-11-6-3-9)17(15,16)10-4-7-12-13-10/h2-7H,8H2,1H3,(H,12,13). The Hall–Kier alpha value is -1.73. The van der Waals surface area contributed by atoms with Gasteiger partial charge < -0.3 is 0 Å². The van der Waals surface area contributed by atoms with Crippen molar-refractivity contribution >= 4 is 10.0 Å². The van der Waals surface area contributed by atoms with Crippen molar-refractivity contribution < 1.29 is 8.42 Å². The van der Waals surface area contributed by atoms with Crippen molar-refractivity contribution in [2.75, 3.05) is 7.05 Å². The van der Waals surface area contributed by atoms with E-state index in [2.05, 4.69) is 15.2 Å². The molecule has 0 aliphatic heterocycles. The second kappa shape index (κ2) is 4.64. The Bertz CT molecular complexity index is 566. The van der Waals surface area contributed by atoms with Crippen LogP contribution in [0.2, 0.25) is 0 Å².